The topological polar surface area (TPSA) is 69.7 Å². The van der Waals surface area contributed by atoms with Crippen LogP contribution >= 0.6 is 0 Å². The maximum atomic E-state index is 11.3. The van der Waals surface area contributed by atoms with Crippen LogP contribution in [-0.4, -0.2) is 32.9 Å². The van der Waals surface area contributed by atoms with Gasteiger partial charge in [-0.2, -0.15) is 8.42 Å². The smallest absolute Gasteiger partial charge is 0.306 e. The highest BCUT2D eigenvalue weighted by molar-refractivity contribution is 7.86. The zero-order valence-electron chi connectivity index (χ0n) is 10.6. The Hall–Kier alpha value is -0.620. The number of hydrogen-bond donors (Lipinski definition) is 0. The molecular weight excluding hydrogens is 244 g/mol. The van der Waals surface area contributed by atoms with Gasteiger partial charge in [-0.15, -0.1) is 0 Å². The first-order valence-electron chi connectivity index (χ1n) is 5.82. The number of ether oxygens (including phenoxy) is 1. The van der Waals surface area contributed by atoms with Crippen LogP contribution in [0.1, 0.15) is 39.5 Å². The van der Waals surface area contributed by atoms with Gasteiger partial charge in [0.05, 0.1) is 18.5 Å². The summed E-state index contributed by atoms with van der Waals surface area (Å²) in [5.41, 5.74) is -0.556. The van der Waals surface area contributed by atoms with Crippen molar-refractivity contribution in [2.75, 3.05) is 12.9 Å². The molecule has 0 radical (unpaired) electrons. The Morgan fingerprint density at radius 2 is 2.00 bits per heavy atom. The number of carbonyl (C=O) groups is 1. The average Bonchev–Trinajstić information content (AvgIpc) is 2.80. The van der Waals surface area contributed by atoms with Gasteiger partial charge in [0.1, 0.15) is 0 Å². The molecule has 1 aliphatic carbocycles. The highest BCUT2D eigenvalue weighted by atomic mass is 32.2. The summed E-state index contributed by atoms with van der Waals surface area (Å²) < 4.78 is 32.1. The van der Waals surface area contributed by atoms with Gasteiger partial charge in [-0.3, -0.25) is 8.98 Å². The van der Waals surface area contributed by atoms with E-state index in [9.17, 15) is 13.2 Å². The molecule has 0 unspecified atom stereocenters. The van der Waals surface area contributed by atoms with Gasteiger partial charge in [0, 0.05) is 6.42 Å². The predicted octanol–water partition coefficient (Wildman–Crippen LogP) is 1.47. The van der Waals surface area contributed by atoms with Crippen molar-refractivity contribution in [1.29, 1.82) is 0 Å². The molecule has 1 rings (SSSR count). The van der Waals surface area contributed by atoms with Crippen LogP contribution in [-0.2, 0) is 23.8 Å². The second kappa shape index (κ2) is 5.35. The van der Waals surface area contributed by atoms with Gasteiger partial charge in [0.25, 0.3) is 10.1 Å². The van der Waals surface area contributed by atoms with Crippen LogP contribution in [0.5, 0.6) is 0 Å². The van der Waals surface area contributed by atoms with E-state index in [-0.39, 0.29) is 11.9 Å². The summed E-state index contributed by atoms with van der Waals surface area (Å²) >= 11 is 0. The van der Waals surface area contributed by atoms with Crippen molar-refractivity contribution >= 4 is 16.1 Å². The largest absolute Gasteiger partial charge is 0.466 e. The summed E-state index contributed by atoms with van der Waals surface area (Å²) in [6.45, 7) is 4.04. The molecule has 17 heavy (non-hydrogen) atoms. The number of hydrogen-bond acceptors (Lipinski definition) is 5. The fourth-order valence-corrected chi connectivity index (χ4v) is 2.87. The SMILES string of the molecule is CCOC(=O)C[C@@H](C)CC1(OS(C)(=O)=O)CC1. The molecule has 100 valence electrons. The molecule has 1 atom stereocenters. The Labute approximate surface area is 103 Å². The maximum Gasteiger partial charge on any atom is 0.306 e. The van der Waals surface area contributed by atoms with E-state index >= 15 is 0 Å². The van der Waals surface area contributed by atoms with Gasteiger partial charge in [-0.1, -0.05) is 6.92 Å². The minimum atomic E-state index is -3.42. The average molecular weight is 264 g/mol. The summed E-state index contributed by atoms with van der Waals surface area (Å²) in [5, 5.41) is 0. The maximum absolute atomic E-state index is 11.3. The molecule has 5 nitrogen and oxygen atoms in total. The molecule has 0 amide bonds. The Kier molecular flexibility index (Phi) is 4.55. The molecule has 0 heterocycles. The van der Waals surface area contributed by atoms with Crippen molar-refractivity contribution in [3.8, 4) is 0 Å². The zero-order chi connectivity index (χ0) is 13.1. The van der Waals surface area contributed by atoms with Gasteiger partial charge in [0.15, 0.2) is 0 Å². The number of carbonyl (C=O) groups excluding carboxylic acids is 1. The molecular formula is C11H20O5S. The second-order valence-electron chi connectivity index (χ2n) is 4.79. The van der Waals surface area contributed by atoms with E-state index in [1.54, 1.807) is 6.92 Å². The van der Waals surface area contributed by atoms with Crippen molar-refractivity contribution in [2.24, 2.45) is 5.92 Å². The summed E-state index contributed by atoms with van der Waals surface area (Å²) in [6, 6.07) is 0. The number of rotatable bonds is 7. The van der Waals surface area contributed by atoms with E-state index in [2.05, 4.69) is 0 Å². The lowest BCUT2D eigenvalue weighted by Gasteiger charge is -2.18. The first-order chi connectivity index (χ1) is 7.76. The first-order valence-corrected chi connectivity index (χ1v) is 7.64. The molecule has 0 aromatic rings. The summed E-state index contributed by atoms with van der Waals surface area (Å²) in [7, 11) is -3.42. The Morgan fingerprint density at radius 1 is 1.41 bits per heavy atom. The van der Waals surface area contributed by atoms with Gasteiger partial charge >= 0.3 is 5.97 Å². The molecule has 0 saturated heterocycles. The quantitative estimate of drug-likeness (QED) is 0.514. The normalized spacial score (nSPS) is 19.7. The van der Waals surface area contributed by atoms with Crippen LogP contribution < -0.4 is 0 Å². The molecule has 1 saturated carbocycles. The summed E-state index contributed by atoms with van der Waals surface area (Å²) in [4.78, 5) is 11.3. The molecule has 0 aromatic carbocycles. The Balaban J connectivity index is 2.41. The molecule has 6 heteroatoms. The summed E-state index contributed by atoms with van der Waals surface area (Å²) in [6.07, 6.45) is 3.44. The molecule has 0 spiro atoms. The van der Waals surface area contributed by atoms with Crippen molar-refractivity contribution in [3.05, 3.63) is 0 Å². The molecule has 0 aromatic heterocycles. The van der Waals surface area contributed by atoms with Crippen molar-refractivity contribution in [2.45, 2.75) is 45.1 Å². The summed E-state index contributed by atoms with van der Waals surface area (Å²) in [5.74, 6) is -0.173. The lowest BCUT2D eigenvalue weighted by Crippen LogP contribution is -2.23. The van der Waals surface area contributed by atoms with Crippen molar-refractivity contribution in [3.63, 3.8) is 0 Å². The van der Waals surface area contributed by atoms with E-state index in [0.29, 0.717) is 19.4 Å². The fourth-order valence-electron chi connectivity index (χ4n) is 1.99. The van der Waals surface area contributed by atoms with Gasteiger partial charge in [-0.05, 0) is 32.1 Å². The highest BCUT2D eigenvalue weighted by Gasteiger charge is 2.47. The van der Waals surface area contributed by atoms with Gasteiger partial charge in [0.2, 0.25) is 0 Å². The van der Waals surface area contributed by atoms with Crippen LogP contribution in [0.3, 0.4) is 0 Å². The zero-order valence-corrected chi connectivity index (χ0v) is 11.4. The van der Waals surface area contributed by atoms with E-state index in [1.807, 2.05) is 6.92 Å². The molecule has 1 aliphatic rings. The molecule has 0 aliphatic heterocycles. The van der Waals surface area contributed by atoms with E-state index in [0.717, 1.165) is 19.1 Å². The second-order valence-corrected chi connectivity index (χ2v) is 6.36. The highest BCUT2D eigenvalue weighted by Crippen LogP contribution is 2.46. The van der Waals surface area contributed by atoms with Crippen LogP contribution in [0.15, 0.2) is 0 Å². The third-order valence-corrected chi connectivity index (χ3v) is 3.33. The van der Waals surface area contributed by atoms with E-state index < -0.39 is 15.7 Å². The van der Waals surface area contributed by atoms with E-state index in [4.69, 9.17) is 8.92 Å². The van der Waals surface area contributed by atoms with Crippen molar-refractivity contribution < 1.29 is 22.1 Å². The number of esters is 1. The van der Waals surface area contributed by atoms with Gasteiger partial charge in [-0.25, -0.2) is 0 Å². The third kappa shape index (κ3) is 5.50. The Morgan fingerprint density at radius 3 is 2.41 bits per heavy atom. The van der Waals surface area contributed by atoms with Gasteiger partial charge < -0.3 is 4.74 Å². The minimum absolute atomic E-state index is 0.0679. The lowest BCUT2D eigenvalue weighted by molar-refractivity contribution is -0.144. The lowest BCUT2D eigenvalue weighted by atomic mass is 9.99. The molecule has 0 N–H and O–H groups in total. The van der Waals surface area contributed by atoms with Crippen molar-refractivity contribution in [1.82, 2.24) is 0 Å². The monoisotopic (exact) mass is 264 g/mol. The Bertz CT molecular complexity index is 369. The minimum Gasteiger partial charge on any atom is -0.466 e. The van der Waals surface area contributed by atoms with Crippen LogP contribution in [0.2, 0.25) is 0 Å². The third-order valence-electron chi connectivity index (χ3n) is 2.68. The fraction of sp³-hybridized carbons (Fsp3) is 0.909. The molecule has 1 fully saturated rings. The first kappa shape index (κ1) is 14.4. The van der Waals surface area contributed by atoms with Crippen LogP contribution in [0.4, 0.5) is 0 Å². The molecule has 0 bridgehead atoms. The standard InChI is InChI=1S/C11H20O5S/c1-4-15-10(12)7-9(2)8-11(5-6-11)16-17(3,13)14/h9H,4-8H2,1-3H3/t9-/m1/s1. The van der Waals surface area contributed by atoms with Crippen LogP contribution in [0, 0.1) is 5.92 Å². The van der Waals surface area contributed by atoms with Crippen LogP contribution in [0.25, 0.3) is 0 Å². The predicted molar refractivity (Wildman–Crippen MR) is 62.9 cm³/mol. The van der Waals surface area contributed by atoms with E-state index in [1.165, 1.54) is 0 Å².